The molecule has 0 spiro atoms. The van der Waals surface area contributed by atoms with Crippen molar-refractivity contribution in [2.75, 3.05) is 44.8 Å². The highest BCUT2D eigenvalue weighted by molar-refractivity contribution is 7.98. The number of amides is 2. The largest absolute Gasteiger partial charge is 0.444 e. The van der Waals surface area contributed by atoms with Gasteiger partial charge in [0.1, 0.15) is 5.60 Å². The molecule has 0 bridgehead atoms. The number of anilines is 1. The quantitative estimate of drug-likeness (QED) is 0.665. The summed E-state index contributed by atoms with van der Waals surface area (Å²) in [5, 5.41) is 3.03. The molecule has 1 aliphatic heterocycles. The van der Waals surface area contributed by atoms with E-state index in [0.29, 0.717) is 18.9 Å². The summed E-state index contributed by atoms with van der Waals surface area (Å²) in [6.45, 7) is 8.96. The van der Waals surface area contributed by atoms with Gasteiger partial charge in [-0.25, -0.2) is 4.79 Å². The molecule has 1 N–H and O–H groups in total. The standard InChI is InChI=1S/C22H35N3O3S/c1-22(2,3)28-21(27)24(4)15-17-9-8-13-25(16-17)14-12-20(26)23-18-10-6-7-11-19(18)29-5/h6-7,10-11,17H,8-9,12-16H2,1-5H3,(H,23,26). The summed E-state index contributed by atoms with van der Waals surface area (Å²) < 4.78 is 5.44. The zero-order valence-electron chi connectivity index (χ0n) is 18.4. The molecule has 1 saturated heterocycles. The van der Waals surface area contributed by atoms with Crippen molar-refractivity contribution in [2.45, 2.75) is 50.5 Å². The monoisotopic (exact) mass is 421 g/mol. The molecular weight excluding hydrogens is 386 g/mol. The second kappa shape index (κ2) is 10.9. The Bertz CT molecular complexity index is 690. The molecule has 0 aromatic heterocycles. The number of benzene rings is 1. The van der Waals surface area contributed by atoms with E-state index >= 15 is 0 Å². The lowest BCUT2D eigenvalue weighted by atomic mass is 9.97. The molecule has 1 aromatic rings. The number of nitrogens with one attached hydrogen (secondary N) is 1. The molecule has 0 saturated carbocycles. The van der Waals surface area contributed by atoms with Crippen molar-refractivity contribution in [3.05, 3.63) is 24.3 Å². The second-order valence-electron chi connectivity index (χ2n) is 8.67. The van der Waals surface area contributed by atoms with Gasteiger partial charge in [0.2, 0.25) is 5.91 Å². The number of hydrogen-bond acceptors (Lipinski definition) is 5. The predicted molar refractivity (Wildman–Crippen MR) is 119 cm³/mol. The van der Waals surface area contributed by atoms with Gasteiger partial charge in [0.25, 0.3) is 0 Å². The lowest BCUT2D eigenvalue weighted by molar-refractivity contribution is -0.116. The van der Waals surface area contributed by atoms with Crippen LogP contribution in [-0.4, -0.2) is 66.9 Å². The first-order valence-corrected chi connectivity index (χ1v) is 11.5. The van der Waals surface area contributed by atoms with Crippen molar-refractivity contribution in [3.63, 3.8) is 0 Å². The smallest absolute Gasteiger partial charge is 0.410 e. The minimum atomic E-state index is -0.480. The van der Waals surface area contributed by atoms with Crippen molar-refractivity contribution in [2.24, 2.45) is 5.92 Å². The Morgan fingerprint density at radius 1 is 1.31 bits per heavy atom. The maximum Gasteiger partial charge on any atom is 0.410 e. The van der Waals surface area contributed by atoms with Crippen LogP contribution in [0, 0.1) is 5.92 Å². The average molecular weight is 422 g/mol. The zero-order valence-corrected chi connectivity index (χ0v) is 19.2. The highest BCUT2D eigenvalue weighted by atomic mass is 32.2. The first-order valence-electron chi connectivity index (χ1n) is 10.3. The van der Waals surface area contributed by atoms with Gasteiger partial charge in [-0.2, -0.15) is 0 Å². The molecule has 0 aliphatic carbocycles. The van der Waals surface area contributed by atoms with Crippen LogP contribution in [0.1, 0.15) is 40.0 Å². The molecule has 29 heavy (non-hydrogen) atoms. The molecule has 2 rings (SSSR count). The molecule has 1 aromatic carbocycles. The van der Waals surface area contributed by atoms with Crippen molar-refractivity contribution in [3.8, 4) is 0 Å². The number of hydrogen-bond donors (Lipinski definition) is 1. The molecule has 0 radical (unpaired) electrons. The molecule has 1 atom stereocenters. The lowest BCUT2D eigenvalue weighted by Crippen LogP contribution is -2.43. The third-order valence-corrected chi connectivity index (χ3v) is 5.67. The van der Waals surface area contributed by atoms with E-state index in [-0.39, 0.29) is 12.0 Å². The van der Waals surface area contributed by atoms with E-state index in [4.69, 9.17) is 4.74 Å². The van der Waals surface area contributed by atoms with Gasteiger partial charge in [-0.1, -0.05) is 12.1 Å². The Morgan fingerprint density at radius 2 is 2.03 bits per heavy atom. The van der Waals surface area contributed by atoms with Crippen molar-refractivity contribution < 1.29 is 14.3 Å². The normalized spacial score (nSPS) is 17.6. The Hall–Kier alpha value is -1.73. The van der Waals surface area contributed by atoms with E-state index in [1.165, 1.54) is 0 Å². The highest BCUT2D eigenvalue weighted by Gasteiger charge is 2.25. The van der Waals surface area contributed by atoms with Crippen molar-refractivity contribution in [1.82, 2.24) is 9.80 Å². The maximum atomic E-state index is 12.4. The van der Waals surface area contributed by atoms with Crippen LogP contribution in [0.15, 0.2) is 29.2 Å². The summed E-state index contributed by atoms with van der Waals surface area (Å²) in [7, 11) is 1.80. The van der Waals surface area contributed by atoms with Gasteiger partial charge in [0.05, 0.1) is 5.69 Å². The van der Waals surface area contributed by atoms with E-state index in [1.54, 1.807) is 23.7 Å². The molecule has 1 unspecified atom stereocenters. The molecule has 6 nitrogen and oxygen atoms in total. The fourth-order valence-electron chi connectivity index (χ4n) is 3.53. The Kier molecular flexibility index (Phi) is 8.83. The first kappa shape index (κ1) is 23.5. The first-order chi connectivity index (χ1) is 13.7. The summed E-state index contributed by atoms with van der Waals surface area (Å²) in [4.78, 5) is 29.7. The number of ether oxygens (including phenoxy) is 1. The average Bonchev–Trinajstić information content (AvgIpc) is 2.66. The lowest BCUT2D eigenvalue weighted by Gasteiger charge is -2.35. The van der Waals surface area contributed by atoms with Crippen LogP contribution in [0.4, 0.5) is 10.5 Å². The molecule has 1 fully saturated rings. The fourth-order valence-corrected chi connectivity index (χ4v) is 4.08. The van der Waals surface area contributed by atoms with Crippen LogP contribution in [-0.2, 0) is 9.53 Å². The number of piperidine rings is 1. The summed E-state index contributed by atoms with van der Waals surface area (Å²) in [6.07, 6.45) is 4.38. The SMILES string of the molecule is CSc1ccccc1NC(=O)CCN1CCCC(CN(C)C(=O)OC(C)(C)C)C1. The van der Waals surface area contributed by atoms with Gasteiger partial charge in [-0.3, -0.25) is 4.79 Å². The number of carbonyl (C=O) groups excluding carboxylic acids is 2. The zero-order chi connectivity index (χ0) is 21.4. The Morgan fingerprint density at radius 3 is 2.72 bits per heavy atom. The maximum absolute atomic E-state index is 12.4. The summed E-state index contributed by atoms with van der Waals surface area (Å²) in [5.74, 6) is 0.445. The molecule has 1 heterocycles. The Labute approximate surface area is 179 Å². The highest BCUT2D eigenvalue weighted by Crippen LogP contribution is 2.25. The molecule has 7 heteroatoms. The molecular formula is C22H35N3O3S. The van der Waals surface area contributed by atoms with Crippen LogP contribution in [0.5, 0.6) is 0 Å². The van der Waals surface area contributed by atoms with Gasteiger partial charge >= 0.3 is 6.09 Å². The topological polar surface area (TPSA) is 61.9 Å². The van der Waals surface area contributed by atoms with Gasteiger partial charge < -0.3 is 19.9 Å². The van der Waals surface area contributed by atoms with Gasteiger partial charge in [-0.05, 0) is 64.5 Å². The number of rotatable bonds is 7. The van der Waals surface area contributed by atoms with Crippen LogP contribution in [0.2, 0.25) is 0 Å². The minimum absolute atomic E-state index is 0.0412. The van der Waals surface area contributed by atoms with E-state index in [0.717, 1.165) is 43.1 Å². The van der Waals surface area contributed by atoms with Crippen LogP contribution in [0.3, 0.4) is 0 Å². The van der Waals surface area contributed by atoms with Crippen LogP contribution in [0.25, 0.3) is 0 Å². The summed E-state index contributed by atoms with van der Waals surface area (Å²) in [6, 6.07) is 7.86. The van der Waals surface area contributed by atoms with Gasteiger partial charge in [-0.15, -0.1) is 11.8 Å². The second-order valence-corrected chi connectivity index (χ2v) is 9.52. The summed E-state index contributed by atoms with van der Waals surface area (Å²) >= 11 is 1.63. The number of carbonyl (C=O) groups is 2. The predicted octanol–water partition coefficient (Wildman–Crippen LogP) is 4.32. The number of nitrogens with zero attached hydrogens (tertiary/aromatic N) is 2. The van der Waals surface area contributed by atoms with Crippen LogP contribution < -0.4 is 5.32 Å². The molecule has 2 amide bonds. The fraction of sp³-hybridized carbons (Fsp3) is 0.636. The van der Waals surface area contributed by atoms with E-state index < -0.39 is 5.60 Å². The number of likely N-dealkylation sites (tertiary alicyclic amines) is 1. The van der Waals surface area contributed by atoms with Gasteiger partial charge in [0.15, 0.2) is 0 Å². The number of para-hydroxylation sites is 1. The van der Waals surface area contributed by atoms with E-state index in [1.807, 2.05) is 51.3 Å². The third-order valence-electron chi connectivity index (χ3n) is 4.88. The van der Waals surface area contributed by atoms with Crippen LogP contribution >= 0.6 is 11.8 Å². The summed E-state index contributed by atoms with van der Waals surface area (Å²) in [5.41, 5.74) is 0.396. The van der Waals surface area contributed by atoms with E-state index in [2.05, 4.69) is 10.2 Å². The Balaban J connectivity index is 1.77. The van der Waals surface area contributed by atoms with Gasteiger partial charge in [0, 0.05) is 38.0 Å². The number of thioether (sulfide) groups is 1. The third kappa shape index (κ3) is 8.26. The minimum Gasteiger partial charge on any atom is -0.444 e. The molecule has 162 valence electrons. The van der Waals surface area contributed by atoms with Crippen molar-refractivity contribution >= 4 is 29.4 Å². The van der Waals surface area contributed by atoms with E-state index in [9.17, 15) is 9.59 Å². The van der Waals surface area contributed by atoms with Crippen molar-refractivity contribution in [1.29, 1.82) is 0 Å². The molecule has 1 aliphatic rings.